The molecule has 4 rings (SSSR count). The second kappa shape index (κ2) is 6.74. The van der Waals surface area contributed by atoms with Crippen LogP contribution in [0.5, 0.6) is 11.5 Å². The fraction of sp³-hybridized carbons (Fsp3) is 0.0909. The molecular weight excluding hydrogens is 358 g/mol. The van der Waals surface area contributed by atoms with Gasteiger partial charge in [-0.1, -0.05) is 42.5 Å². The fourth-order valence-corrected chi connectivity index (χ4v) is 3.51. The molecule has 0 bridgehead atoms. The van der Waals surface area contributed by atoms with E-state index in [2.05, 4.69) is 0 Å². The Hall–Kier alpha value is -3.80. The van der Waals surface area contributed by atoms with Gasteiger partial charge in [0.25, 0.3) is 0 Å². The van der Waals surface area contributed by atoms with Crippen LogP contribution in [0.1, 0.15) is 39.2 Å². The van der Waals surface area contributed by atoms with Crippen LogP contribution in [0.2, 0.25) is 0 Å². The van der Waals surface area contributed by atoms with Crippen molar-refractivity contribution in [1.82, 2.24) is 0 Å². The van der Waals surface area contributed by atoms with Crippen molar-refractivity contribution in [1.29, 1.82) is 0 Å². The van der Waals surface area contributed by atoms with Gasteiger partial charge >= 0.3 is 11.9 Å². The Bertz CT molecular complexity index is 1010. The number of para-hydroxylation sites is 2. The molecule has 0 amide bonds. The number of fused-ring (bicyclic) bond motifs is 2. The molecule has 6 heteroatoms. The number of hydrogen-bond acceptors (Lipinski definition) is 4. The predicted octanol–water partition coefficient (Wildman–Crippen LogP) is 5.09. The summed E-state index contributed by atoms with van der Waals surface area (Å²) >= 11 is 0. The highest BCUT2D eigenvalue weighted by Gasteiger charge is 2.34. The molecule has 1 heterocycles. The lowest BCUT2D eigenvalue weighted by Crippen LogP contribution is -2.26. The molecule has 3 aromatic rings. The van der Waals surface area contributed by atoms with E-state index < -0.39 is 11.9 Å². The highest BCUT2D eigenvalue weighted by atomic mass is 16.5. The molecule has 0 fully saturated rings. The van der Waals surface area contributed by atoms with Gasteiger partial charge in [-0.2, -0.15) is 0 Å². The van der Waals surface area contributed by atoms with Crippen molar-refractivity contribution in [3.63, 3.8) is 0 Å². The number of rotatable bonds is 4. The van der Waals surface area contributed by atoms with Crippen molar-refractivity contribution in [3.8, 4) is 11.5 Å². The van der Waals surface area contributed by atoms with Gasteiger partial charge in [-0.25, -0.2) is 9.59 Å². The van der Waals surface area contributed by atoms with Crippen molar-refractivity contribution in [2.24, 2.45) is 0 Å². The summed E-state index contributed by atoms with van der Waals surface area (Å²) < 4.78 is 5.88. The molecule has 2 N–H and O–H groups in total. The first-order valence-corrected chi connectivity index (χ1v) is 8.73. The molecule has 3 aromatic carbocycles. The molecule has 0 radical (unpaired) electrons. The predicted molar refractivity (Wildman–Crippen MR) is 104 cm³/mol. The van der Waals surface area contributed by atoms with Crippen LogP contribution in [0.4, 0.5) is 11.4 Å². The summed E-state index contributed by atoms with van der Waals surface area (Å²) in [5.74, 6) is -2.00. The Labute approximate surface area is 161 Å². The average molecular weight is 375 g/mol. The summed E-state index contributed by atoms with van der Waals surface area (Å²) in [6.45, 7) is 1.98. The molecule has 1 unspecified atom stereocenters. The van der Waals surface area contributed by atoms with E-state index in [4.69, 9.17) is 4.74 Å². The van der Waals surface area contributed by atoms with Gasteiger partial charge in [-0.3, -0.25) is 0 Å². The molecule has 1 atom stereocenters. The molecule has 0 aliphatic carbocycles. The zero-order valence-electron chi connectivity index (χ0n) is 15.0. The van der Waals surface area contributed by atoms with E-state index in [0.717, 1.165) is 5.56 Å². The minimum Gasteiger partial charge on any atom is -0.478 e. The molecule has 140 valence electrons. The van der Waals surface area contributed by atoms with Crippen LogP contribution in [-0.4, -0.2) is 22.2 Å². The molecule has 6 nitrogen and oxygen atoms in total. The minimum absolute atomic E-state index is 0.0198. The fourth-order valence-electron chi connectivity index (χ4n) is 3.51. The molecule has 0 saturated carbocycles. The molecule has 0 spiro atoms. The smallest absolute Gasteiger partial charge is 0.339 e. The van der Waals surface area contributed by atoms with Crippen LogP contribution in [0.25, 0.3) is 0 Å². The minimum atomic E-state index is -1.14. The highest BCUT2D eigenvalue weighted by Crippen LogP contribution is 2.52. The molecule has 0 aromatic heterocycles. The Balaban J connectivity index is 1.99. The third kappa shape index (κ3) is 2.75. The van der Waals surface area contributed by atoms with Crippen molar-refractivity contribution in [2.75, 3.05) is 4.90 Å². The zero-order valence-corrected chi connectivity index (χ0v) is 15.0. The molecule has 28 heavy (non-hydrogen) atoms. The van der Waals surface area contributed by atoms with Crippen LogP contribution >= 0.6 is 0 Å². The first-order chi connectivity index (χ1) is 13.5. The Kier molecular flexibility index (Phi) is 4.24. The van der Waals surface area contributed by atoms with Gasteiger partial charge in [0.05, 0.1) is 17.4 Å². The van der Waals surface area contributed by atoms with Gasteiger partial charge in [-0.05, 0) is 36.8 Å². The molecule has 1 aliphatic rings. The van der Waals surface area contributed by atoms with Gasteiger partial charge in [0, 0.05) is 0 Å². The maximum absolute atomic E-state index is 11.7. The van der Waals surface area contributed by atoms with Crippen molar-refractivity contribution >= 4 is 23.3 Å². The molecule has 0 saturated heterocycles. The summed E-state index contributed by atoms with van der Waals surface area (Å²) in [4.78, 5) is 25.4. The number of hydrogen-bond donors (Lipinski definition) is 2. The normalized spacial score (nSPS) is 13.1. The largest absolute Gasteiger partial charge is 0.478 e. The van der Waals surface area contributed by atoms with E-state index in [-0.39, 0.29) is 28.7 Å². The number of anilines is 2. The van der Waals surface area contributed by atoms with E-state index >= 15 is 0 Å². The number of carboxylic acid groups (broad SMARTS) is 2. The lowest BCUT2D eigenvalue weighted by Gasteiger charge is -2.38. The van der Waals surface area contributed by atoms with E-state index in [1.54, 1.807) is 24.3 Å². The SMILES string of the molecule is CC(c1ccccc1)N1c2cccc(C(=O)O)c2Oc2c(C(=O)O)cccc21. The number of nitrogens with zero attached hydrogens (tertiary/aromatic N) is 1. The number of aromatic carboxylic acids is 2. The third-order valence-electron chi connectivity index (χ3n) is 4.84. The van der Waals surface area contributed by atoms with E-state index in [1.165, 1.54) is 12.1 Å². The van der Waals surface area contributed by atoms with E-state index in [0.29, 0.717) is 11.4 Å². The second-order valence-corrected chi connectivity index (χ2v) is 6.48. The van der Waals surface area contributed by atoms with Crippen LogP contribution in [0.3, 0.4) is 0 Å². The van der Waals surface area contributed by atoms with Crippen molar-refractivity contribution < 1.29 is 24.5 Å². The van der Waals surface area contributed by atoms with Crippen LogP contribution in [-0.2, 0) is 0 Å². The van der Waals surface area contributed by atoms with Crippen molar-refractivity contribution in [3.05, 3.63) is 83.4 Å². The van der Waals surface area contributed by atoms with Crippen LogP contribution < -0.4 is 9.64 Å². The number of ether oxygens (including phenoxy) is 1. The van der Waals surface area contributed by atoms with Gasteiger partial charge in [-0.15, -0.1) is 0 Å². The summed E-state index contributed by atoms with van der Waals surface area (Å²) in [7, 11) is 0. The number of carbonyl (C=O) groups is 2. The molecule has 1 aliphatic heterocycles. The van der Waals surface area contributed by atoms with Gasteiger partial charge in [0.1, 0.15) is 11.1 Å². The Morgan fingerprint density at radius 2 is 1.29 bits per heavy atom. The first kappa shape index (κ1) is 17.6. The lowest BCUT2D eigenvalue weighted by atomic mass is 10.0. The Morgan fingerprint density at radius 3 is 1.75 bits per heavy atom. The van der Waals surface area contributed by atoms with Crippen LogP contribution in [0.15, 0.2) is 66.7 Å². The quantitative estimate of drug-likeness (QED) is 0.661. The van der Waals surface area contributed by atoms with Crippen LogP contribution in [0, 0.1) is 0 Å². The second-order valence-electron chi connectivity index (χ2n) is 6.48. The summed E-state index contributed by atoms with van der Waals surface area (Å²) in [5, 5.41) is 19.2. The topological polar surface area (TPSA) is 87.1 Å². The number of carboxylic acids is 2. The zero-order chi connectivity index (χ0) is 19.8. The van der Waals surface area contributed by atoms with Gasteiger partial charge in [0.2, 0.25) is 0 Å². The summed E-state index contributed by atoms with van der Waals surface area (Å²) in [5.41, 5.74) is 2.11. The molecular formula is C22H17NO5. The Morgan fingerprint density at radius 1 is 0.786 bits per heavy atom. The van der Waals surface area contributed by atoms with E-state index in [9.17, 15) is 19.8 Å². The first-order valence-electron chi connectivity index (χ1n) is 8.73. The lowest BCUT2D eigenvalue weighted by molar-refractivity contribution is 0.0687. The standard InChI is InChI=1S/C22H17NO5/c1-13(14-7-3-2-4-8-14)23-17-11-5-9-15(21(24)25)19(17)28-20-16(22(26)27)10-6-12-18(20)23/h2-13H,1H3,(H,24,25)(H,26,27). The highest BCUT2D eigenvalue weighted by molar-refractivity contribution is 5.99. The average Bonchev–Trinajstić information content (AvgIpc) is 2.71. The maximum Gasteiger partial charge on any atom is 0.339 e. The number of benzene rings is 3. The van der Waals surface area contributed by atoms with Crippen molar-refractivity contribution in [2.45, 2.75) is 13.0 Å². The monoisotopic (exact) mass is 375 g/mol. The van der Waals surface area contributed by atoms with Gasteiger partial charge < -0.3 is 19.8 Å². The van der Waals surface area contributed by atoms with Gasteiger partial charge in [0.15, 0.2) is 11.5 Å². The third-order valence-corrected chi connectivity index (χ3v) is 4.84. The summed E-state index contributed by atoms with van der Waals surface area (Å²) in [6.07, 6.45) is 0. The maximum atomic E-state index is 11.7. The van der Waals surface area contributed by atoms with E-state index in [1.807, 2.05) is 42.2 Å². The summed E-state index contributed by atoms with van der Waals surface area (Å²) in [6, 6.07) is 19.3.